The minimum atomic E-state index is -0.273. The van der Waals surface area contributed by atoms with Gasteiger partial charge < -0.3 is 15.0 Å². The van der Waals surface area contributed by atoms with Crippen LogP contribution in [0.4, 0.5) is 4.79 Å². The van der Waals surface area contributed by atoms with Gasteiger partial charge in [-0.05, 0) is 19.8 Å². The maximum atomic E-state index is 12.1. The molecule has 9 nitrogen and oxygen atoms in total. The van der Waals surface area contributed by atoms with Gasteiger partial charge in [-0.1, -0.05) is 11.3 Å². The number of nitrogens with one attached hydrogen (secondary N) is 1. The van der Waals surface area contributed by atoms with Crippen LogP contribution in [0.5, 0.6) is 0 Å². The fourth-order valence-corrected chi connectivity index (χ4v) is 3.46. The van der Waals surface area contributed by atoms with Gasteiger partial charge in [0.25, 0.3) is 0 Å². The summed E-state index contributed by atoms with van der Waals surface area (Å²) in [6.45, 7) is 3.40. The lowest BCUT2D eigenvalue weighted by molar-refractivity contribution is -0.122. The summed E-state index contributed by atoms with van der Waals surface area (Å²) in [4.78, 5) is 26.1. The normalized spacial score (nSPS) is 15.6. The fourth-order valence-electron chi connectivity index (χ4n) is 2.64. The lowest BCUT2D eigenvalue weighted by Gasteiger charge is -2.31. The number of likely N-dealkylation sites (tertiary alicyclic amines) is 1. The third-order valence-electron chi connectivity index (χ3n) is 3.88. The number of aromatic nitrogens is 4. The first-order chi connectivity index (χ1) is 11.7. The van der Waals surface area contributed by atoms with Crippen LogP contribution in [0.3, 0.4) is 0 Å². The number of rotatable bonds is 5. The van der Waals surface area contributed by atoms with E-state index in [0.717, 1.165) is 22.8 Å². The zero-order valence-corrected chi connectivity index (χ0v) is 14.3. The summed E-state index contributed by atoms with van der Waals surface area (Å²) < 4.78 is 6.60. The summed E-state index contributed by atoms with van der Waals surface area (Å²) in [7, 11) is 0. The molecular weight excluding hydrogens is 332 g/mol. The Labute approximate surface area is 143 Å². The number of amides is 2. The van der Waals surface area contributed by atoms with Gasteiger partial charge in [0.2, 0.25) is 10.9 Å². The summed E-state index contributed by atoms with van der Waals surface area (Å²) in [5, 5.41) is 15.9. The highest BCUT2D eigenvalue weighted by atomic mass is 32.1. The molecule has 10 heteroatoms. The molecule has 0 aromatic carbocycles. The summed E-state index contributed by atoms with van der Waals surface area (Å²) in [5.74, 6) is 0.00977. The van der Waals surface area contributed by atoms with Gasteiger partial charge in [0.1, 0.15) is 11.3 Å². The first kappa shape index (κ1) is 16.6. The molecule has 0 spiro atoms. The largest absolute Gasteiger partial charge is 0.450 e. The van der Waals surface area contributed by atoms with Crippen LogP contribution in [0.1, 0.15) is 31.2 Å². The minimum Gasteiger partial charge on any atom is -0.450 e. The van der Waals surface area contributed by atoms with E-state index in [0.29, 0.717) is 32.5 Å². The molecule has 0 radical (unpaired) electrons. The van der Waals surface area contributed by atoms with Gasteiger partial charge in [-0.15, -0.1) is 10.2 Å². The molecule has 3 heterocycles. The van der Waals surface area contributed by atoms with E-state index in [-0.39, 0.29) is 18.0 Å². The van der Waals surface area contributed by atoms with Crippen LogP contribution < -0.4 is 5.32 Å². The molecule has 1 aliphatic rings. The monoisotopic (exact) mass is 352 g/mol. The molecule has 0 unspecified atom stereocenters. The molecule has 0 aliphatic carbocycles. The van der Waals surface area contributed by atoms with Gasteiger partial charge in [-0.3, -0.25) is 4.79 Å². The van der Waals surface area contributed by atoms with Crippen molar-refractivity contribution in [1.82, 2.24) is 30.0 Å². The summed E-state index contributed by atoms with van der Waals surface area (Å²) in [6.07, 6.45) is 3.75. The van der Waals surface area contributed by atoms with Crippen molar-refractivity contribution >= 4 is 28.3 Å². The fraction of sp³-hybridized carbons (Fsp3) is 0.643. The van der Waals surface area contributed by atoms with Crippen molar-refractivity contribution < 1.29 is 14.3 Å². The predicted octanol–water partition coefficient (Wildman–Crippen LogP) is 0.855. The van der Waals surface area contributed by atoms with Crippen molar-refractivity contribution in [2.75, 3.05) is 19.7 Å². The Bertz CT molecular complexity index is 678. The van der Waals surface area contributed by atoms with Crippen molar-refractivity contribution in [2.24, 2.45) is 0 Å². The molecule has 0 saturated carbocycles. The van der Waals surface area contributed by atoms with Crippen LogP contribution in [0.15, 0.2) is 6.33 Å². The molecule has 1 aliphatic heterocycles. The first-order valence-electron chi connectivity index (χ1n) is 8.02. The Hall–Kier alpha value is -2.23. The molecule has 2 aromatic heterocycles. The second-order valence-corrected chi connectivity index (χ2v) is 6.62. The Morgan fingerprint density at radius 1 is 1.42 bits per heavy atom. The average Bonchev–Trinajstić information content (AvgIpc) is 3.15. The van der Waals surface area contributed by atoms with Gasteiger partial charge in [-0.2, -0.15) is 9.61 Å². The number of ether oxygens (including phenoxy) is 1. The number of carbonyl (C=O) groups is 2. The molecule has 0 bridgehead atoms. The summed E-state index contributed by atoms with van der Waals surface area (Å²) in [6, 6.07) is 0.112. The van der Waals surface area contributed by atoms with Crippen LogP contribution in [0.2, 0.25) is 0 Å². The molecule has 130 valence electrons. The van der Waals surface area contributed by atoms with Gasteiger partial charge in [0.05, 0.1) is 6.61 Å². The third kappa shape index (κ3) is 3.99. The number of fused-ring (bicyclic) bond motifs is 1. The van der Waals surface area contributed by atoms with Gasteiger partial charge >= 0.3 is 6.09 Å². The standard InChI is InChI=1S/C14H20N6O3S/c1-2-23-14(22)19-7-5-10(6-8-19)16-11(21)3-4-12-18-20-9-15-17-13(20)24-12/h9-10H,2-8H2,1H3,(H,16,21). The van der Waals surface area contributed by atoms with Gasteiger partial charge in [-0.25, -0.2) is 4.79 Å². The SMILES string of the molecule is CCOC(=O)N1CCC(NC(=O)CCc2nn3cnnc3s2)CC1. The second-order valence-electron chi connectivity index (χ2n) is 5.58. The van der Waals surface area contributed by atoms with Crippen LogP contribution in [0.25, 0.3) is 4.96 Å². The highest BCUT2D eigenvalue weighted by Gasteiger charge is 2.24. The number of piperidine rings is 1. The van der Waals surface area contributed by atoms with E-state index in [2.05, 4.69) is 20.6 Å². The maximum Gasteiger partial charge on any atom is 0.409 e. The van der Waals surface area contributed by atoms with Crippen LogP contribution in [-0.4, -0.2) is 62.5 Å². The van der Waals surface area contributed by atoms with E-state index >= 15 is 0 Å². The van der Waals surface area contributed by atoms with Crippen LogP contribution in [-0.2, 0) is 16.0 Å². The van der Waals surface area contributed by atoms with E-state index < -0.39 is 0 Å². The molecule has 3 rings (SSSR count). The van der Waals surface area contributed by atoms with E-state index in [1.807, 2.05) is 0 Å². The molecule has 2 aromatic rings. The van der Waals surface area contributed by atoms with Crippen molar-refractivity contribution in [3.63, 3.8) is 0 Å². The van der Waals surface area contributed by atoms with Crippen molar-refractivity contribution in [3.05, 3.63) is 11.3 Å². The van der Waals surface area contributed by atoms with Crippen LogP contribution >= 0.6 is 11.3 Å². The lowest BCUT2D eigenvalue weighted by atomic mass is 10.1. The van der Waals surface area contributed by atoms with Crippen molar-refractivity contribution in [2.45, 2.75) is 38.6 Å². The molecule has 0 atom stereocenters. The van der Waals surface area contributed by atoms with Gasteiger partial charge in [0.15, 0.2) is 0 Å². The second kappa shape index (κ2) is 7.56. The quantitative estimate of drug-likeness (QED) is 0.856. The molecule has 1 N–H and O–H groups in total. The number of carbonyl (C=O) groups excluding carboxylic acids is 2. The lowest BCUT2D eigenvalue weighted by Crippen LogP contribution is -2.46. The molecule has 24 heavy (non-hydrogen) atoms. The Morgan fingerprint density at radius 3 is 2.92 bits per heavy atom. The van der Waals surface area contributed by atoms with E-state index in [9.17, 15) is 9.59 Å². The molecular formula is C14H20N6O3S. The average molecular weight is 352 g/mol. The van der Waals surface area contributed by atoms with Gasteiger partial charge in [0, 0.05) is 32.0 Å². The molecule has 2 amide bonds. The smallest absolute Gasteiger partial charge is 0.409 e. The molecule has 1 saturated heterocycles. The van der Waals surface area contributed by atoms with E-state index in [4.69, 9.17) is 4.74 Å². The summed E-state index contributed by atoms with van der Waals surface area (Å²) in [5.41, 5.74) is 0. The highest BCUT2D eigenvalue weighted by molar-refractivity contribution is 7.16. The minimum absolute atomic E-state index is 0.00977. The Balaban J connectivity index is 1.39. The Morgan fingerprint density at radius 2 is 2.21 bits per heavy atom. The van der Waals surface area contributed by atoms with Crippen molar-refractivity contribution in [3.8, 4) is 0 Å². The zero-order valence-electron chi connectivity index (χ0n) is 13.5. The number of hydrogen-bond acceptors (Lipinski definition) is 7. The molecule has 1 fully saturated rings. The summed E-state index contributed by atoms with van der Waals surface area (Å²) >= 11 is 1.44. The highest BCUT2D eigenvalue weighted by Crippen LogP contribution is 2.14. The number of hydrogen-bond donors (Lipinski definition) is 1. The van der Waals surface area contributed by atoms with Crippen LogP contribution in [0, 0.1) is 0 Å². The number of aryl methyl sites for hydroxylation is 1. The third-order valence-corrected chi connectivity index (χ3v) is 4.85. The topological polar surface area (TPSA) is 102 Å². The maximum absolute atomic E-state index is 12.1. The first-order valence-corrected chi connectivity index (χ1v) is 8.84. The van der Waals surface area contributed by atoms with E-state index in [1.165, 1.54) is 11.3 Å². The number of nitrogens with zero attached hydrogens (tertiary/aromatic N) is 5. The zero-order chi connectivity index (χ0) is 16.9. The predicted molar refractivity (Wildman–Crippen MR) is 86.7 cm³/mol. The Kier molecular flexibility index (Phi) is 5.24. The van der Waals surface area contributed by atoms with Crippen molar-refractivity contribution in [1.29, 1.82) is 0 Å². The van der Waals surface area contributed by atoms with E-state index in [1.54, 1.807) is 22.7 Å².